The average molecular weight is 235 g/mol. The molecule has 2 rings (SSSR count). The molecule has 1 aromatic heterocycles. The van der Waals surface area contributed by atoms with Crippen LogP contribution in [0.4, 0.5) is 0 Å². The highest BCUT2D eigenvalue weighted by Crippen LogP contribution is 2.27. The average Bonchev–Trinajstić information content (AvgIpc) is 2.82. The summed E-state index contributed by atoms with van der Waals surface area (Å²) in [6.45, 7) is 2.29. The van der Waals surface area contributed by atoms with Crippen molar-refractivity contribution in [1.82, 2.24) is 15.5 Å². The quantitative estimate of drug-likeness (QED) is 0.692. The van der Waals surface area contributed by atoms with Gasteiger partial charge in [-0.15, -0.1) is 0 Å². The first-order valence-electron chi connectivity index (χ1n) is 5.17. The number of nitrogens with one attached hydrogen (secondary N) is 1. The van der Waals surface area contributed by atoms with Gasteiger partial charge in [0.15, 0.2) is 5.82 Å². The molecule has 1 unspecified atom stereocenters. The lowest BCUT2D eigenvalue weighted by molar-refractivity contribution is 0.403. The zero-order valence-electron chi connectivity index (χ0n) is 9.29. The van der Waals surface area contributed by atoms with Crippen molar-refractivity contribution in [3.05, 3.63) is 36.0 Å². The first-order valence-corrected chi connectivity index (χ1v) is 5.17. The van der Waals surface area contributed by atoms with Crippen molar-refractivity contribution in [2.24, 2.45) is 0 Å². The molecule has 17 heavy (non-hydrogen) atoms. The minimum absolute atomic E-state index is 0.117. The molecule has 3 N–H and O–H groups in total. The van der Waals surface area contributed by atoms with Crippen LogP contribution < -0.4 is 5.32 Å². The highest BCUT2D eigenvalue weighted by Gasteiger charge is 2.11. The summed E-state index contributed by atoms with van der Waals surface area (Å²) < 4.78 is 4.60. The number of phenols is 2. The summed E-state index contributed by atoms with van der Waals surface area (Å²) in [5.74, 6) is 0.790. The molecule has 0 aliphatic heterocycles. The minimum atomic E-state index is -0.138. The summed E-state index contributed by atoms with van der Waals surface area (Å²) in [4.78, 5) is 3.87. The Bertz CT molecular complexity index is 485. The molecule has 1 heterocycles. The molecule has 6 nitrogen and oxygen atoms in total. The Morgan fingerprint density at radius 3 is 2.94 bits per heavy atom. The second-order valence-corrected chi connectivity index (χ2v) is 3.69. The van der Waals surface area contributed by atoms with Gasteiger partial charge in [-0.05, 0) is 25.1 Å². The lowest BCUT2D eigenvalue weighted by Gasteiger charge is -2.14. The van der Waals surface area contributed by atoms with Crippen molar-refractivity contribution in [1.29, 1.82) is 0 Å². The van der Waals surface area contributed by atoms with Crippen LogP contribution in [0, 0.1) is 0 Å². The molecule has 0 bridgehead atoms. The second kappa shape index (κ2) is 4.84. The van der Waals surface area contributed by atoms with Gasteiger partial charge in [-0.1, -0.05) is 5.16 Å². The summed E-state index contributed by atoms with van der Waals surface area (Å²) in [6.07, 6.45) is 1.26. The van der Waals surface area contributed by atoms with E-state index < -0.39 is 0 Å². The van der Waals surface area contributed by atoms with Crippen LogP contribution in [-0.4, -0.2) is 20.4 Å². The van der Waals surface area contributed by atoms with Crippen molar-refractivity contribution < 1.29 is 14.7 Å². The minimum Gasteiger partial charge on any atom is -0.508 e. The monoisotopic (exact) mass is 235 g/mol. The van der Waals surface area contributed by atoms with Crippen molar-refractivity contribution in [3.8, 4) is 11.5 Å². The maximum Gasteiger partial charge on any atom is 0.213 e. The molecule has 2 aromatic rings. The van der Waals surface area contributed by atoms with Gasteiger partial charge in [0.1, 0.15) is 11.5 Å². The molecule has 0 fully saturated rings. The van der Waals surface area contributed by atoms with Gasteiger partial charge in [0.05, 0.1) is 6.54 Å². The van der Waals surface area contributed by atoms with Gasteiger partial charge in [0.2, 0.25) is 6.39 Å². The van der Waals surface area contributed by atoms with Gasteiger partial charge in [-0.3, -0.25) is 0 Å². The van der Waals surface area contributed by atoms with Crippen LogP contribution in [0.2, 0.25) is 0 Å². The zero-order valence-corrected chi connectivity index (χ0v) is 9.29. The van der Waals surface area contributed by atoms with Crippen molar-refractivity contribution in [2.45, 2.75) is 19.5 Å². The van der Waals surface area contributed by atoms with E-state index in [-0.39, 0.29) is 17.5 Å². The standard InChI is InChI=1S/C11H13N3O3/c1-7(12-5-11-13-6-17-14-11)9-4-8(15)2-3-10(9)16/h2-4,6-7,12,15-16H,5H2,1H3. The van der Waals surface area contributed by atoms with Crippen LogP contribution in [0.15, 0.2) is 29.1 Å². The van der Waals surface area contributed by atoms with Gasteiger partial charge < -0.3 is 20.1 Å². The fraction of sp³-hybridized carbons (Fsp3) is 0.273. The normalized spacial score (nSPS) is 12.5. The first kappa shape index (κ1) is 11.4. The van der Waals surface area contributed by atoms with E-state index in [0.29, 0.717) is 17.9 Å². The van der Waals surface area contributed by atoms with E-state index in [1.54, 1.807) is 0 Å². The Hall–Kier alpha value is -2.08. The van der Waals surface area contributed by atoms with E-state index in [2.05, 4.69) is 20.0 Å². The van der Waals surface area contributed by atoms with E-state index in [1.165, 1.54) is 24.6 Å². The Morgan fingerprint density at radius 2 is 2.24 bits per heavy atom. The Kier molecular flexibility index (Phi) is 3.24. The van der Waals surface area contributed by atoms with Crippen LogP contribution in [-0.2, 0) is 6.54 Å². The summed E-state index contributed by atoms with van der Waals surface area (Å²) in [5, 5.41) is 25.8. The SMILES string of the molecule is CC(NCc1ncon1)c1cc(O)ccc1O. The van der Waals surface area contributed by atoms with Crippen LogP contribution in [0.25, 0.3) is 0 Å². The molecule has 1 atom stereocenters. The molecule has 0 aliphatic carbocycles. The maximum atomic E-state index is 9.66. The number of hydrogen-bond donors (Lipinski definition) is 3. The summed E-state index contributed by atoms with van der Waals surface area (Å²) in [7, 11) is 0. The van der Waals surface area contributed by atoms with Crippen molar-refractivity contribution in [3.63, 3.8) is 0 Å². The lowest BCUT2D eigenvalue weighted by Crippen LogP contribution is -2.18. The molecular weight excluding hydrogens is 222 g/mol. The number of benzene rings is 1. The summed E-state index contributed by atoms with van der Waals surface area (Å²) in [6, 6.07) is 4.27. The lowest BCUT2D eigenvalue weighted by atomic mass is 10.1. The summed E-state index contributed by atoms with van der Waals surface area (Å²) >= 11 is 0. The van der Waals surface area contributed by atoms with Crippen LogP contribution in [0.5, 0.6) is 11.5 Å². The van der Waals surface area contributed by atoms with E-state index >= 15 is 0 Å². The highest BCUT2D eigenvalue weighted by atomic mass is 16.5. The van der Waals surface area contributed by atoms with E-state index in [4.69, 9.17) is 0 Å². The molecule has 0 amide bonds. The van der Waals surface area contributed by atoms with E-state index in [9.17, 15) is 10.2 Å². The third kappa shape index (κ3) is 2.73. The first-order chi connectivity index (χ1) is 8.16. The Labute approximate surface area is 97.9 Å². The number of aromatic hydroxyl groups is 2. The number of hydrogen-bond acceptors (Lipinski definition) is 6. The molecule has 0 saturated heterocycles. The number of nitrogens with zero attached hydrogens (tertiary/aromatic N) is 2. The fourth-order valence-corrected chi connectivity index (χ4v) is 1.51. The van der Waals surface area contributed by atoms with Gasteiger partial charge in [0.25, 0.3) is 0 Å². The van der Waals surface area contributed by atoms with Gasteiger partial charge >= 0.3 is 0 Å². The maximum absolute atomic E-state index is 9.66. The summed E-state index contributed by atoms with van der Waals surface area (Å²) in [5.41, 5.74) is 0.619. The van der Waals surface area contributed by atoms with Gasteiger partial charge in [-0.25, -0.2) is 0 Å². The topological polar surface area (TPSA) is 91.4 Å². The largest absolute Gasteiger partial charge is 0.508 e. The van der Waals surface area contributed by atoms with Gasteiger partial charge in [0, 0.05) is 11.6 Å². The predicted molar refractivity (Wildman–Crippen MR) is 59.3 cm³/mol. The molecule has 1 aromatic carbocycles. The van der Waals surface area contributed by atoms with E-state index in [0.717, 1.165) is 0 Å². The molecule has 90 valence electrons. The molecule has 6 heteroatoms. The van der Waals surface area contributed by atoms with Crippen LogP contribution in [0.1, 0.15) is 24.4 Å². The van der Waals surface area contributed by atoms with Crippen molar-refractivity contribution in [2.75, 3.05) is 0 Å². The third-order valence-corrected chi connectivity index (χ3v) is 2.45. The number of aromatic nitrogens is 2. The smallest absolute Gasteiger partial charge is 0.213 e. The molecule has 0 aliphatic rings. The number of rotatable bonds is 4. The second-order valence-electron chi connectivity index (χ2n) is 3.69. The fourth-order valence-electron chi connectivity index (χ4n) is 1.51. The van der Waals surface area contributed by atoms with Gasteiger partial charge in [-0.2, -0.15) is 4.98 Å². The highest BCUT2D eigenvalue weighted by molar-refractivity contribution is 5.40. The molecule has 0 saturated carbocycles. The molecule has 0 radical (unpaired) electrons. The molecular formula is C11H13N3O3. The predicted octanol–water partition coefficient (Wildman–Crippen LogP) is 1.33. The Morgan fingerprint density at radius 1 is 1.41 bits per heavy atom. The molecule has 0 spiro atoms. The van der Waals surface area contributed by atoms with Crippen molar-refractivity contribution >= 4 is 0 Å². The van der Waals surface area contributed by atoms with E-state index in [1.807, 2.05) is 6.92 Å². The third-order valence-electron chi connectivity index (χ3n) is 2.45. The van der Waals surface area contributed by atoms with Crippen LogP contribution in [0.3, 0.4) is 0 Å². The zero-order chi connectivity index (χ0) is 12.3. The number of phenolic OH excluding ortho intramolecular Hbond substituents is 2. The Balaban J connectivity index is 2.04. The van der Waals surface area contributed by atoms with Crippen LogP contribution >= 0.6 is 0 Å².